The first kappa shape index (κ1) is 13.1. The SMILES string of the molecule is CN(C)C(=O)CNc1c(Cl)cc(F)cc1Cl. The Kier molecular flexibility index (Phi) is 4.38. The molecular formula is C10H11Cl2FN2O. The molecule has 0 aliphatic carbocycles. The van der Waals surface area contributed by atoms with Crippen LogP contribution in [0.4, 0.5) is 10.1 Å². The molecule has 88 valence electrons. The summed E-state index contributed by atoms with van der Waals surface area (Å²) >= 11 is 11.6. The van der Waals surface area contributed by atoms with Crippen LogP contribution < -0.4 is 5.32 Å². The smallest absolute Gasteiger partial charge is 0.241 e. The van der Waals surface area contributed by atoms with Gasteiger partial charge in [-0.05, 0) is 12.1 Å². The summed E-state index contributed by atoms with van der Waals surface area (Å²) in [6.45, 7) is 0.0536. The number of hydrogen-bond donors (Lipinski definition) is 1. The number of likely N-dealkylation sites (N-methyl/N-ethyl adjacent to an activating group) is 1. The molecule has 6 heteroatoms. The molecule has 3 nitrogen and oxygen atoms in total. The molecular weight excluding hydrogens is 254 g/mol. The Balaban J connectivity index is 2.78. The lowest BCUT2D eigenvalue weighted by Gasteiger charge is -2.13. The molecule has 0 radical (unpaired) electrons. The van der Waals surface area contributed by atoms with Crippen molar-refractivity contribution in [1.29, 1.82) is 0 Å². The average molecular weight is 265 g/mol. The van der Waals surface area contributed by atoms with Crippen molar-refractivity contribution in [3.05, 3.63) is 28.0 Å². The van der Waals surface area contributed by atoms with Crippen LogP contribution in [-0.4, -0.2) is 31.4 Å². The quantitative estimate of drug-likeness (QED) is 0.911. The fourth-order valence-electron chi connectivity index (χ4n) is 1.03. The van der Waals surface area contributed by atoms with Crippen molar-refractivity contribution in [2.24, 2.45) is 0 Å². The van der Waals surface area contributed by atoms with Gasteiger partial charge in [0.05, 0.1) is 22.3 Å². The molecule has 0 unspecified atom stereocenters. The minimum atomic E-state index is -0.514. The highest BCUT2D eigenvalue weighted by Crippen LogP contribution is 2.31. The zero-order valence-corrected chi connectivity index (χ0v) is 10.4. The number of nitrogens with one attached hydrogen (secondary N) is 1. The predicted molar refractivity (Wildman–Crippen MR) is 63.6 cm³/mol. The van der Waals surface area contributed by atoms with Gasteiger partial charge in [0.2, 0.25) is 5.91 Å². The van der Waals surface area contributed by atoms with Crippen LogP contribution in [-0.2, 0) is 4.79 Å². The largest absolute Gasteiger partial charge is 0.374 e. The Morgan fingerprint density at radius 1 is 1.38 bits per heavy atom. The highest BCUT2D eigenvalue weighted by Gasteiger charge is 2.10. The first-order chi connectivity index (χ1) is 7.41. The van der Waals surface area contributed by atoms with Gasteiger partial charge in [-0.1, -0.05) is 23.2 Å². The van der Waals surface area contributed by atoms with Gasteiger partial charge < -0.3 is 10.2 Å². The topological polar surface area (TPSA) is 32.3 Å². The number of hydrogen-bond acceptors (Lipinski definition) is 2. The minimum Gasteiger partial charge on any atom is -0.374 e. The Hall–Kier alpha value is -1.00. The van der Waals surface area contributed by atoms with E-state index in [4.69, 9.17) is 23.2 Å². The van der Waals surface area contributed by atoms with Gasteiger partial charge in [0.1, 0.15) is 5.82 Å². The molecule has 0 bridgehead atoms. The number of carbonyl (C=O) groups excluding carboxylic acids is 1. The summed E-state index contributed by atoms with van der Waals surface area (Å²) in [5, 5.41) is 3.07. The number of amides is 1. The summed E-state index contributed by atoms with van der Waals surface area (Å²) in [7, 11) is 3.27. The lowest BCUT2D eigenvalue weighted by molar-refractivity contribution is -0.126. The monoisotopic (exact) mass is 264 g/mol. The van der Waals surface area contributed by atoms with E-state index >= 15 is 0 Å². The van der Waals surface area contributed by atoms with Crippen LogP contribution >= 0.6 is 23.2 Å². The van der Waals surface area contributed by atoms with E-state index in [2.05, 4.69) is 5.32 Å². The molecule has 16 heavy (non-hydrogen) atoms. The molecule has 1 amide bonds. The van der Waals surface area contributed by atoms with Crippen LogP contribution in [0.5, 0.6) is 0 Å². The maximum Gasteiger partial charge on any atom is 0.241 e. The van der Waals surface area contributed by atoms with E-state index in [1.807, 2.05) is 0 Å². The van der Waals surface area contributed by atoms with Gasteiger partial charge in [0.15, 0.2) is 0 Å². The number of benzene rings is 1. The molecule has 0 spiro atoms. The van der Waals surface area contributed by atoms with E-state index in [9.17, 15) is 9.18 Å². The minimum absolute atomic E-state index is 0.0536. The van der Waals surface area contributed by atoms with Crippen LogP contribution in [0.1, 0.15) is 0 Å². The molecule has 0 heterocycles. The highest BCUT2D eigenvalue weighted by molar-refractivity contribution is 6.39. The van der Waals surface area contributed by atoms with Crippen molar-refractivity contribution in [1.82, 2.24) is 4.90 Å². The lowest BCUT2D eigenvalue weighted by atomic mass is 10.3. The van der Waals surface area contributed by atoms with Gasteiger partial charge in [-0.25, -0.2) is 4.39 Å². The Labute approximate surface area is 103 Å². The van der Waals surface area contributed by atoms with E-state index in [-0.39, 0.29) is 22.5 Å². The van der Waals surface area contributed by atoms with Crippen molar-refractivity contribution in [3.63, 3.8) is 0 Å². The number of carbonyl (C=O) groups is 1. The second kappa shape index (κ2) is 5.37. The molecule has 0 aliphatic heterocycles. The van der Waals surface area contributed by atoms with Crippen LogP contribution in [0.2, 0.25) is 10.0 Å². The van der Waals surface area contributed by atoms with Gasteiger partial charge in [-0.15, -0.1) is 0 Å². The van der Waals surface area contributed by atoms with E-state index < -0.39 is 5.82 Å². The molecule has 1 aromatic rings. The summed E-state index contributed by atoms with van der Waals surface area (Å²) in [4.78, 5) is 12.7. The third-order valence-electron chi connectivity index (χ3n) is 1.92. The number of halogens is 3. The molecule has 1 N–H and O–H groups in total. The van der Waals surface area contributed by atoms with Crippen molar-refractivity contribution in [2.75, 3.05) is 26.0 Å². The standard InChI is InChI=1S/C10H11Cl2FN2O/c1-15(2)9(16)5-14-10-7(11)3-6(13)4-8(10)12/h3-4,14H,5H2,1-2H3. The summed E-state index contributed by atoms with van der Waals surface area (Å²) in [5.41, 5.74) is 0.361. The first-order valence-corrected chi connectivity index (χ1v) is 5.26. The van der Waals surface area contributed by atoms with Gasteiger partial charge in [-0.2, -0.15) is 0 Å². The highest BCUT2D eigenvalue weighted by atomic mass is 35.5. The fraction of sp³-hybridized carbons (Fsp3) is 0.300. The van der Waals surface area contributed by atoms with E-state index in [0.717, 1.165) is 12.1 Å². The molecule has 0 aliphatic rings. The molecule has 0 saturated carbocycles. The third-order valence-corrected chi connectivity index (χ3v) is 2.52. The van der Waals surface area contributed by atoms with Crippen molar-refractivity contribution in [2.45, 2.75) is 0 Å². The number of nitrogens with zero attached hydrogens (tertiary/aromatic N) is 1. The Bertz CT molecular complexity index is 387. The maximum absolute atomic E-state index is 12.9. The Morgan fingerprint density at radius 2 is 1.88 bits per heavy atom. The van der Waals surface area contributed by atoms with Gasteiger partial charge >= 0.3 is 0 Å². The van der Waals surface area contributed by atoms with E-state index in [1.54, 1.807) is 14.1 Å². The summed E-state index contributed by atoms with van der Waals surface area (Å²) in [5.74, 6) is -0.643. The van der Waals surface area contributed by atoms with Crippen LogP contribution in [0.15, 0.2) is 12.1 Å². The molecule has 0 atom stereocenters. The van der Waals surface area contributed by atoms with E-state index in [0.29, 0.717) is 5.69 Å². The second-order valence-electron chi connectivity index (χ2n) is 3.39. The van der Waals surface area contributed by atoms with Crippen LogP contribution in [0.25, 0.3) is 0 Å². The zero-order chi connectivity index (χ0) is 12.3. The lowest BCUT2D eigenvalue weighted by Crippen LogP contribution is -2.28. The van der Waals surface area contributed by atoms with Gasteiger partial charge in [0, 0.05) is 14.1 Å². The third kappa shape index (κ3) is 3.25. The average Bonchev–Trinajstić information content (AvgIpc) is 2.15. The van der Waals surface area contributed by atoms with Crippen molar-refractivity contribution in [3.8, 4) is 0 Å². The number of anilines is 1. The summed E-state index contributed by atoms with van der Waals surface area (Å²) in [6, 6.07) is 2.27. The van der Waals surface area contributed by atoms with Crippen LogP contribution in [0.3, 0.4) is 0 Å². The fourth-order valence-corrected chi connectivity index (χ4v) is 1.63. The zero-order valence-electron chi connectivity index (χ0n) is 8.85. The van der Waals surface area contributed by atoms with Gasteiger partial charge in [-0.3, -0.25) is 4.79 Å². The second-order valence-corrected chi connectivity index (χ2v) is 4.20. The molecule has 1 aromatic carbocycles. The van der Waals surface area contributed by atoms with Gasteiger partial charge in [0.25, 0.3) is 0 Å². The molecule has 0 saturated heterocycles. The number of rotatable bonds is 3. The first-order valence-electron chi connectivity index (χ1n) is 4.50. The summed E-state index contributed by atoms with van der Waals surface area (Å²) in [6.07, 6.45) is 0. The van der Waals surface area contributed by atoms with Crippen molar-refractivity contribution >= 4 is 34.8 Å². The predicted octanol–water partition coefficient (Wildman–Crippen LogP) is 2.63. The Morgan fingerprint density at radius 3 is 2.31 bits per heavy atom. The molecule has 0 aromatic heterocycles. The summed E-state index contributed by atoms with van der Waals surface area (Å²) < 4.78 is 12.9. The van der Waals surface area contributed by atoms with Crippen molar-refractivity contribution < 1.29 is 9.18 Å². The van der Waals surface area contributed by atoms with E-state index in [1.165, 1.54) is 4.90 Å². The maximum atomic E-state index is 12.9. The normalized spacial score (nSPS) is 10.1. The van der Waals surface area contributed by atoms with Crippen LogP contribution in [0, 0.1) is 5.82 Å². The molecule has 0 fully saturated rings. The molecule has 1 rings (SSSR count).